The van der Waals surface area contributed by atoms with Gasteiger partial charge in [0.25, 0.3) is 0 Å². The average Bonchev–Trinajstić information content (AvgIpc) is 2.90. The van der Waals surface area contributed by atoms with E-state index in [0.29, 0.717) is 6.04 Å². The quantitative estimate of drug-likeness (QED) is 0.901. The first-order valence-electron chi connectivity index (χ1n) is 7.18. The Morgan fingerprint density at radius 1 is 1.25 bits per heavy atom. The van der Waals surface area contributed by atoms with E-state index in [1.807, 2.05) is 11.3 Å². The zero-order valence-corrected chi connectivity index (χ0v) is 13.7. The summed E-state index contributed by atoms with van der Waals surface area (Å²) in [5.74, 6) is 2.49. The van der Waals surface area contributed by atoms with Crippen molar-refractivity contribution in [2.24, 2.45) is 0 Å². The van der Waals surface area contributed by atoms with Crippen LogP contribution in [0.1, 0.15) is 32.5 Å². The Bertz CT molecular complexity index is 548. The van der Waals surface area contributed by atoms with Gasteiger partial charge in [0.2, 0.25) is 0 Å². The van der Waals surface area contributed by atoms with Crippen molar-refractivity contribution < 1.29 is 0 Å². The molecule has 1 aliphatic rings. The number of nitrogens with one attached hydrogen (secondary N) is 1. The van der Waals surface area contributed by atoms with Crippen LogP contribution in [0.5, 0.6) is 0 Å². The Balaban J connectivity index is 1.79. The van der Waals surface area contributed by atoms with Gasteiger partial charge < -0.3 is 5.32 Å². The highest BCUT2D eigenvalue weighted by atomic mass is 32.2. The molecule has 1 atom stereocenters. The van der Waals surface area contributed by atoms with E-state index in [-0.39, 0.29) is 0 Å². The lowest BCUT2D eigenvalue weighted by atomic mass is 10.0. The summed E-state index contributed by atoms with van der Waals surface area (Å²) in [6.07, 6.45) is 2.33. The molecule has 0 fully saturated rings. The fraction of sp³-hybridized carbons (Fsp3) is 0.412. The predicted octanol–water partition coefficient (Wildman–Crippen LogP) is 4.35. The third-order valence-electron chi connectivity index (χ3n) is 3.90. The van der Waals surface area contributed by atoms with E-state index >= 15 is 0 Å². The van der Waals surface area contributed by atoms with Gasteiger partial charge in [-0.2, -0.15) is 11.8 Å². The second-order valence-electron chi connectivity index (χ2n) is 5.43. The molecule has 0 saturated carbocycles. The van der Waals surface area contributed by atoms with Crippen molar-refractivity contribution in [2.45, 2.75) is 31.6 Å². The first-order valence-corrected chi connectivity index (χ1v) is 9.15. The minimum Gasteiger partial charge on any atom is -0.312 e. The van der Waals surface area contributed by atoms with Crippen LogP contribution in [0.3, 0.4) is 0 Å². The molecule has 3 rings (SSSR count). The number of thioether (sulfide) groups is 1. The maximum atomic E-state index is 3.49. The highest BCUT2D eigenvalue weighted by molar-refractivity contribution is 7.98. The van der Waals surface area contributed by atoms with E-state index in [4.69, 9.17) is 0 Å². The van der Waals surface area contributed by atoms with Crippen LogP contribution >= 0.6 is 23.1 Å². The molecule has 1 nitrogen and oxygen atoms in total. The van der Waals surface area contributed by atoms with Crippen molar-refractivity contribution in [1.29, 1.82) is 0 Å². The van der Waals surface area contributed by atoms with Crippen LogP contribution < -0.4 is 5.32 Å². The molecule has 20 heavy (non-hydrogen) atoms. The molecule has 0 bridgehead atoms. The van der Waals surface area contributed by atoms with Crippen molar-refractivity contribution >= 4 is 23.1 Å². The lowest BCUT2D eigenvalue weighted by Crippen LogP contribution is -2.17. The molecule has 3 heteroatoms. The number of aryl methyl sites for hydroxylation is 2. The lowest BCUT2D eigenvalue weighted by molar-refractivity contribution is 0.602. The van der Waals surface area contributed by atoms with Gasteiger partial charge in [-0.1, -0.05) is 29.8 Å². The fourth-order valence-electron chi connectivity index (χ4n) is 2.65. The molecule has 1 unspecified atom stereocenters. The average molecular weight is 303 g/mol. The van der Waals surface area contributed by atoms with Gasteiger partial charge in [-0.25, -0.2) is 0 Å². The highest BCUT2D eigenvalue weighted by Crippen LogP contribution is 2.35. The van der Waals surface area contributed by atoms with Gasteiger partial charge in [0, 0.05) is 21.5 Å². The second kappa shape index (κ2) is 6.33. The van der Waals surface area contributed by atoms with Gasteiger partial charge in [-0.15, -0.1) is 11.3 Å². The van der Waals surface area contributed by atoms with Gasteiger partial charge in [-0.05, 0) is 49.8 Å². The van der Waals surface area contributed by atoms with E-state index in [2.05, 4.69) is 61.4 Å². The highest BCUT2D eigenvalue weighted by Gasteiger charge is 2.18. The van der Waals surface area contributed by atoms with Gasteiger partial charge >= 0.3 is 0 Å². The SMILES string of the molecule is CNC(Cc1ccc(C)cc1)c1cc2c(s1)CCSC2. The third kappa shape index (κ3) is 3.11. The normalized spacial score (nSPS) is 15.9. The van der Waals surface area contributed by atoms with Gasteiger partial charge in [0.05, 0.1) is 0 Å². The number of likely N-dealkylation sites (N-methyl/N-ethyl adjacent to an activating group) is 1. The Labute approximate surface area is 129 Å². The maximum Gasteiger partial charge on any atom is 0.0453 e. The largest absolute Gasteiger partial charge is 0.312 e. The topological polar surface area (TPSA) is 12.0 Å². The summed E-state index contributed by atoms with van der Waals surface area (Å²) < 4.78 is 0. The van der Waals surface area contributed by atoms with Gasteiger partial charge in [0.1, 0.15) is 0 Å². The van der Waals surface area contributed by atoms with Gasteiger partial charge in [0.15, 0.2) is 0 Å². The number of hydrogen-bond donors (Lipinski definition) is 1. The number of benzene rings is 1. The van der Waals surface area contributed by atoms with E-state index < -0.39 is 0 Å². The smallest absolute Gasteiger partial charge is 0.0453 e. The summed E-state index contributed by atoms with van der Waals surface area (Å²) in [7, 11) is 2.08. The van der Waals surface area contributed by atoms with E-state index in [1.54, 1.807) is 10.4 Å². The minimum atomic E-state index is 0.443. The molecule has 2 heterocycles. The van der Waals surface area contributed by atoms with Crippen molar-refractivity contribution in [1.82, 2.24) is 5.32 Å². The van der Waals surface area contributed by atoms with Crippen LogP contribution in [0.25, 0.3) is 0 Å². The summed E-state index contributed by atoms with van der Waals surface area (Å²) in [6, 6.07) is 11.8. The van der Waals surface area contributed by atoms with Crippen molar-refractivity contribution in [2.75, 3.05) is 12.8 Å². The van der Waals surface area contributed by atoms with Crippen LogP contribution in [0.4, 0.5) is 0 Å². The van der Waals surface area contributed by atoms with Crippen molar-refractivity contribution in [3.63, 3.8) is 0 Å². The van der Waals surface area contributed by atoms with Crippen molar-refractivity contribution in [3.05, 3.63) is 56.8 Å². The van der Waals surface area contributed by atoms with Gasteiger partial charge in [-0.3, -0.25) is 0 Å². The van der Waals surface area contributed by atoms with E-state index in [9.17, 15) is 0 Å². The van der Waals surface area contributed by atoms with E-state index in [1.165, 1.54) is 33.9 Å². The second-order valence-corrected chi connectivity index (χ2v) is 7.70. The summed E-state index contributed by atoms with van der Waals surface area (Å²) >= 11 is 4.08. The summed E-state index contributed by atoms with van der Waals surface area (Å²) in [5, 5.41) is 3.49. The monoisotopic (exact) mass is 303 g/mol. The van der Waals surface area contributed by atoms with Crippen LogP contribution in [0.2, 0.25) is 0 Å². The van der Waals surface area contributed by atoms with Crippen LogP contribution in [-0.2, 0) is 18.6 Å². The predicted molar refractivity (Wildman–Crippen MR) is 90.9 cm³/mol. The molecule has 0 saturated heterocycles. The number of rotatable bonds is 4. The number of fused-ring (bicyclic) bond motifs is 1. The molecule has 0 aliphatic carbocycles. The summed E-state index contributed by atoms with van der Waals surface area (Å²) in [4.78, 5) is 3.11. The molecule has 0 spiro atoms. The Kier molecular flexibility index (Phi) is 4.49. The first-order chi connectivity index (χ1) is 9.76. The molecule has 1 aliphatic heterocycles. The maximum absolute atomic E-state index is 3.49. The summed E-state index contributed by atoms with van der Waals surface area (Å²) in [5.41, 5.74) is 4.32. The summed E-state index contributed by atoms with van der Waals surface area (Å²) in [6.45, 7) is 2.14. The molecular weight excluding hydrogens is 282 g/mol. The molecule has 106 valence electrons. The molecule has 0 radical (unpaired) electrons. The third-order valence-corrected chi connectivity index (χ3v) is 6.26. The standard InChI is InChI=1S/C17H21NS2/c1-12-3-5-13(6-4-12)9-15(18-2)17-10-14-11-19-8-7-16(14)20-17/h3-6,10,15,18H,7-9,11H2,1-2H3. The Morgan fingerprint density at radius 3 is 2.75 bits per heavy atom. The molecule has 1 aromatic carbocycles. The number of thiophene rings is 1. The van der Waals surface area contributed by atoms with E-state index in [0.717, 1.165) is 6.42 Å². The fourth-order valence-corrected chi connectivity index (χ4v) is 5.13. The Morgan fingerprint density at radius 2 is 2.05 bits per heavy atom. The zero-order valence-electron chi connectivity index (χ0n) is 12.1. The Hall–Kier alpha value is -0.770. The number of hydrogen-bond acceptors (Lipinski definition) is 3. The van der Waals surface area contributed by atoms with Crippen LogP contribution in [0, 0.1) is 6.92 Å². The van der Waals surface area contributed by atoms with Crippen molar-refractivity contribution in [3.8, 4) is 0 Å². The van der Waals surface area contributed by atoms with Crippen LogP contribution in [0.15, 0.2) is 30.3 Å². The molecule has 2 aromatic rings. The molecular formula is C17H21NS2. The zero-order chi connectivity index (χ0) is 13.9. The lowest BCUT2D eigenvalue weighted by Gasteiger charge is -2.14. The molecule has 1 N–H and O–H groups in total. The molecule has 1 aromatic heterocycles. The minimum absolute atomic E-state index is 0.443. The van der Waals surface area contributed by atoms with Crippen LogP contribution in [-0.4, -0.2) is 12.8 Å². The molecule has 0 amide bonds. The first kappa shape index (κ1) is 14.2.